The Bertz CT molecular complexity index is 346. The molecule has 1 aromatic heterocycles. The average Bonchev–Trinajstić information content (AvgIpc) is 2.03. The lowest BCUT2D eigenvalue weighted by Crippen LogP contribution is -2.39. The Labute approximate surface area is 83.3 Å². The van der Waals surface area contributed by atoms with Gasteiger partial charge in [0.15, 0.2) is 0 Å². The van der Waals surface area contributed by atoms with Gasteiger partial charge in [0.2, 0.25) is 0 Å². The Morgan fingerprint density at radius 1 is 1.15 bits per heavy atom. The predicted molar refractivity (Wildman–Crippen MR) is 45.8 cm³/mol. The highest BCUT2D eigenvalue weighted by Gasteiger charge is 2.20. The van der Waals surface area contributed by atoms with Crippen molar-refractivity contribution >= 4 is 33.7 Å². The Morgan fingerprint density at radius 2 is 1.54 bits per heavy atom. The van der Waals surface area contributed by atoms with E-state index in [1.165, 1.54) is 18.2 Å². The van der Waals surface area contributed by atoms with Gasteiger partial charge < -0.3 is 5.21 Å². The molecule has 0 bridgehead atoms. The lowest BCUT2D eigenvalue weighted by Gasteiger charge is -2.02. The first-order chi connectivity index (χ1) is 6.04. The Hall–Kier alpha value is -1.13. The zero-order valence-electron chi connectivity index (χ0n) is 6.16. The summed E-state index contributed by atoms with van der Waals surface area (Å²) in [5.74, 6) is 0. The fourth-order valence-electron chi connectivity index (χ4n) is 0.786. The van der Waals surface area contributed by atoms with Crippen LogP contribution in [0.4, 0.5) is 0 Å². The van der Waals surface area contributed by atoms with E-state index in [2.05, 4.69) is 0 Å². The maximum atomic E-state index is 11.2. The SMILES string of the molecule is O=C(Cl)c1cccc(C(=O)Cl)[n+]1[O-]. The van der Waals surface area contributed by atoms with Crippen LogP contribution in [-0.2, 0) is 0 Å². The summed E-state index contributed by atoms with van der Waals surface area (Å²) in [4.78, 5) is 21.3. The Kier molecular flexibility index (Phi) is 2.85. The highest BCUT2D eigenvalue weighted by Crippen LogP contribution is 2.02. The van der Waals surface area contributed by atoms with Crippen LogP contribution in [0.25, 0.3) is 0 Å². The molecule has 0 aromatic carbocycles. The van der Waals surface area contributed by atoms with Gasteiger partial charge in [-0.15, -0.1) is 0 Å². The highest BCUT2D eigenvalue weighted by atomic mass is 35.5. The van der Waals surface area contributed by atoms with E-state index in [1.807, 2.05) is 0 Å². The number of pyridine rings is 1. The van der Waals surface area contributed by atoms with Gasteiger partial charge in [-0.2, -0.15) is 4.73 Å². The van der Waals surface area contributed by atoms with Crippen LogP contribution in [0.15, 0.2) is 18.2 Å². The standard InChI is InChI=1S/C7H3Cl2NO3/c8-6(11)4-2-1-3-5(7(9)12)10(4)13/h1-3H. The number of aromatic nitrogens is 1. The van der Waals surface area contributed by atoms with Crippen molar-refractivity contribution in [1.29, 1.82) is 0 Å². The normalized spacial score (nSPS) is 9.69. The predicted octanol–water partition coefficient (Wildman–Crippen LogP) is 1.08. The molecule has 1 heterocycles. The molecule has 0 saturated heterocycles. The second-order valence-electron chi connectivity index (χ2n) is 2.14. The van der Waals surface area contributed by atoms with Gasteiger partial charge in [0.25, 0.3) is 11.4 Å². The minimum atomic E-state index is -0.935. The van der Waals surface area contributed by atoms with Gasteiger partial charge >= 0.3 is 10.5 Å². The molecule has 0 atom stereocenters. The van der Waals surface area contributed by atoms with Crippen molar-refractivity contribution in [3.8, 4) is 0 Å². The smallest absolute Gasteiger partial charge is 0.317 e. The molecule has 0 unspecified atom stereocenters. The molecule has 0 saturated carbocycles. The third kappa shape index (κ3) is 1.96. The monoisotopic (exact) mass is 219 g/mol. The molecular formula is C7H3Cl2NO3. The number of rotatable bonds is 2. The first-order valence-corrected chi connectivity index (χ1v) is 3.92. The largest absolute Gasteiger partial charge is 0.618 e. The summed E-state index contributed by atoms with van der Waals surface area (Å²) < 4.78 is 0.102. The van der Waals surface area contributed by atoms with Crippen LogP contribution in [0.2, 0.25) is 0 Å². The van der Waals surface area contributed by atoms with Crippen molar-refractivity contribution in [2.24, 2.45) is 0 Å². The van der Waals surface area contributed by atoms with Crippen molar-refractivity contribution in [1.82, 2.24) is 0 Å². The lowest BCUT2D eigenvalue weighted by molar-refractivity contribution is -0.609. The van der Waals surface area contributed by atoms with Crippen molar-refractivity contribution < 1.29 is 14.3 Å². The van der Waals surface area contributed by atoms with Gasteiger partial charge in [-0.3, -0.25) is 9.59 Å². The summed E-state index contributed by atoms with van der Waals surface area (Å²) in [6.45, 7) is 0. The van der Waals surface area contributed by atoms with E-state index in [4.69, 9.17) is 23.2 Å². The third-order valence-electron chi connectivity index (χ3n) is 1.35. The van der Waals surface area contributed by atoms with E-state index in [-0.39, 0.29) is 16.1 Å². The molecule has 0 radical (unpaired) electrons. The van der Waals surface area contributed by atoms with E-state index < -0.39 is 10.5 Å². The molecule has 0 spiro atoms. The Morgan fingerprint density at radius 3 is 1.85 bits per heavy atom. The second kappa shape index (κ2) is 3.72. The van der Waals surface area contributed by atoms with Crippen LogP contribution in [0.3, 0.4) is 0 Å². The Balaban J connectivity index is 3.35. The van der Waals surface area contributed by atoms with Crippen LogP contribution in [0.1, 0.15) is 21.0 Å². The lowest BCUT2D eigenvalue weighted by atomic mass is 10.3. The van der Waals surface area contributed by atoms with Gasteiger partial charge in [0, 0.05) is 12.1 Å². The fourth-order valence-corrected chi connectivity index (χ4v) is 1.07. The van der Waals surface area contributed by atoms with Gasteiger partial charge in [-0.25, -0.2) is 0 Å². The average molecular weight is 220 g/mol. The molecule has 0 aliphatic rings. The van der Waals surface area contributed by atoms with Crippen LogP contribution in [0.5, 0.6) is 0 Å². The molecule has 1 aromatic rings. The molecule has 68 valence electrons. The first kappa shape index (κ1) is 9.95. The summed E-state index contributed by atoms with van der Waals surface area (Å²) in [7, 11) is 0. The van der Waals surface area contributed by atoms with Crippen LogP contribution in [-0.4, -0.2) is 10.5 Å². The summed E-state index contributed by atoms with van der Waals surface area (Å²) in [6.07, 6.45) is 0. The molecule has 0 aliphatic heterocycles. The molecule has 4 nitrogen and oxygen atoms in total. The fraction of sp³-hybridized carbons (Fsp3) is 0. The topological polar surface area (TPSA) is 61.1 Å². The molecule has 1 rings (SSSR count). The molecule has 0 N–H and O–H groups in total. The minimum absolute atomic E-state index is 0.102. The maximum absolute atomic E-state index is 11.2. The first-order valence-electron chi connectivity index (χ1n) is 3.16. The van der Waals surface area contributed by atoms with Crippen molar-refractivity contribution in [3.05, 3.63) is 34.8 Å². The molecule has 13 heavy (non-hydrogen) atoms. The second-order valence-corrected chi connectivity index (χ2v) is 2.82. The summed E-state index contributed by atoms with van der Waals surface area (Å²) >= 11 is 10.1. The molecule has 0 amide bonds. The van der Waals surface area contributed by atoms with E-state index in [0.717, 1.165) is 0 Å². The number of carbonyl (C=O) groups is 2. The quantitative estimate of drug-likeness (QED) is 0.425. The van der Waals surface area contributed by atoms with Crippen LogP contribution < -0.4 is 4.73 Å². The van der Waals surface area contributed by atoms with E-state index >= 15 is 0 Å². The van der Waals surface area contributed by atoms with Gasteiger partial charge in [-0.1, -0.05) is 0 Å². The molecular weight excluding hydrogens is 217 g/mol. The number of nitrogens with zero attached hydrogens (tertiary/aromatic N) is 1. The van der Waals surface area contributed by atoms with E-state index in [0.29, 0.717) is 0 Å². The highest BCUT2D eigenvalue weighted by molar-refractivity contribution is 6.68. The number of carbonyl (C=O) groups excluding carboxylic acids is 2. The number of hydrogen-bond acceptors (Lipinski definition) is 3. The van der Waals surface area contributed by atoms with E-state index in [9.17, 15) is 14.8 Å². The van der Waals surface area contributed by atoms with Gasteiger partial charge in [-0.05, 0) is 29.3 Å². The van der Waals surface area contributed by atoms with E-state index in [1.54, 1.807) is 0 Å². The maximum Gasteiger partial charge on any atom is 0.317 e. The molecule has 0 aliphatic carbocycles. The van der Waals surface area contributed by atoms with Crippen molar-refractivity contribution in [2.75, 3.05) is 0 Å². The van der Waals surface area contributed by atoms with Crippen molar-refractivity contribution in [2.45, 2.75) is 0 Å². The van der Waals surface area contributed by atoms with Crippen molar-refractivity contribution in [3.63, 3.8) is 0 Å². The summed E-state index contributed by atoms with van der Waals surface area (Å²) in [5.41, 5.74) is -0.652. The molecule has 0 fully saturated rings. The summed E-state index contributed by atoms with van der Waals surface area (Å²) in [5, 5.41) is 9.29. The number of halogens is 2. The van der Waals surface area contributed by atoms with Gasteiger partial charge in [0.05, 0.1) is 0 Å². The molecule has 6 heteroatoms. The minimum Gasteiger partial charge on any atom is -0.618 e. The third-order valence-corrected chi connectivity index (χ3v) is 1.74. The van der Waals surface area contributed by atoms with Gasteiger partial charge in [0.1, 0.15) is 0 Å². The zero-order valence-corrected chi connectivity index (χ0v) is 7.67. The van der Waals surface area contributed by atoms with Crippen LogP contribution in [0, 0.1) is 5.21 Å². The number of hydrogen-bond donors (Lipinski definition) is 0. The zero-order chi connectivity index (χ0) is 10.0. The summed E-state index contributed by atoms with van der Waals surface area (Å²) in [6, 6.07) is 3.75. The van der Waals surface area contributed by atoms with Crippen LogP contribution >= 0.6 is 23.2 Å².